The van der Waals surface area contributed by atoms with Crippen molar-refractivity contribution in [2.75, 3.05) is 19.0 Å². The molecule has 2 N–H and O–H groups in total. The molecule has 8 nitrogen and oxygen atoms in total. The lowest BCUT2D eigenvalue weighted by Crippen LogP contribution is -2.39. The van der Waals surface area contributed by atoms with Crippen LogP contribution < -0.4 is 15.4 Å². The maximum atomic E-state index is 13.0. The summed E-state index contributed by atoms with van der Waals surface area (Å²) < 4.78 is 18.2. The highest BCUT2D eigenvalue weighted by Crippen LogP contribution is 2.33. The molecular formula is C22H22FN5O3S. The lowest BCUT2D eigenvalue weighted by molar-refractivity contribution is 0.102. The van der Waals surface area contributed by atoms with Crippen LogP contribution in [0.1, 0.15) is 39.3 Å². The van der Waals surface area contributed by atoms with E-state index in [2.05, 4.69) is 20.8 Å². The smallest absolute Gasteiger partial charge is 0.318 e. The number of methoxy groups -OCH3 is 1. The van der Waals surface area contributed by atoms with Crippen molar-refractivity contribution in [3.63, 3.8) is 0 Å². The highest BCUT2D eigenvalue weighted by molar-refractivity contribution is 7.13. The van der Waals surface area contributed by atoms with E-state index in [1.54, 1.807) is 12.0 Å². The number of benzene rings is 2. The molecule has 2 heterocycles. The Labute approximate surface area is 188 Å². The van der Waals surface area contributed by atoms with Crippen LogP contribution in [-0.4, -0.2) is 40.7 Å². The number of urea groups is 1. The monoisotopic (exact) mass is 455 g/mol. The Morgan fingerprint density at radius 2 is 2.03 bits per heavy atom. The van der Waals surface area contributed by atoms with Gasteiger partial charge in [-0.15, -0.1) is 10.2 Å². The van der Waals surface area contributed by atoms with Gasteiger partial charge in [0.25, 0.3) is 5.91 Å². The molecule has 2 aromatic carbocycles. The fraction of sp³-hybridized carbons (Fsp3) is 0.273. The van der Waals surface area contributed by atoms with Gasteiger partial charge >= 0.3 is 6.03 Å². The van der Waals surface area contributed by atoms with E-state index in [9.17, 15) is 14.0 Å². The lowest BCUT2D eigenvalue weighted by atomic mass is 10.2. The van der Waals surface area contributed by atoms with Crippen molar-refractivity contribution in [2.45, 2.75) is 25.4 Å². The molecule has 1 fully saturated rings. The summed E-state index contributed by atoms with van der Waals surface area (Å²) in [5.41, 5.74) is 1.40. The van der Waals surface area contributed by atoms with Gasteiger partial charge < -0.3 is 20.3 Å². The van der Waals surface area contributed by atoms with E-state index in [0.29, 0.717) is 23.8 Å². The van der Waals surface area contributed by atoms with Crippen molar-refractivity contribution in [1.82, 2.24) is 20.4 Å². The second-order valence-corrected chi connectivity index (χ2v) is 8.28. The normalized spacial score (nSPS) is 15.4. The zero-order chi connectivity index (χ0) is 22.5. The quantitative estimate of drug-likeness (QED) is 0.586. The Morgan fingerprint density at radius 1 is 1.22 bits per heavy atom. The van der Waals surface area contributed by atoms with Crippen molar-refractivity contribution in [3.8, 4) is 5.75 Å². The van der Waals surface area contributed by atoms with Gasteiger partial charge in [-0.1, -0.05) is 23.5 Å². The number of aromatic nitrogens is 2. The first-order valence-electron chi connectivity index (χ1n) is 10.1. The zero-order valence-electron chi connectivity index (χ0n) is 17.4. The lowest BCUT2D eigenvalue weighted by Gasteiger charge is -2.23. The zero-order valence-corrected chi connectivity index (χ0v) is 18.2. The number of ether oxygens (including phenoxy) is 1. The highest BCUT2D eigenvalue weighted by atomic mass is 32.1. The summed E-state index contributed by atoms with van der Waals surface area (Å²) in [5.74, 6) is -0.0734. The van der Waals surface area contributed by atoms with Gasteiger partial charge in [0, 0.05) is 18.8 Å². The Bertz CT molecular complexity index is 1100. The van der Waals surface area contributed by atoms with Crippen LogP contribution in [0, 0.1) is 5.82 Å². The van der Waals surface area contributed by atoms with E-state index in [4.69, 9.17) is 4.74 Å². The number of hydrogen-bond donors (Lipinski definition) is 2. The van der Waals surface area contributed by atoms with Crippen molar-refractivity contribution in [1.29, 1.82) is 0 Å². The minimum atomic E-state index is -0.424. The molecule has 10 heteroatoms. The number of amides is 3. The Hall–Kier alpha value is -3.53. The van der Waals surface area contributed by atoms with Gasteiger partial charge in [0.2, 0.25) is 5.01 Å². The Morgan fingerprint density at radius 3 is 2.81 bits per heavy atom. The van der Waals surface area contributed by atoms with Crippen LogP contribution in [0.15, 0.2) is 48.5 Å². The fourth-order valence-corrected chi connectivity index (χ4v) is 4.39. The summed E-state index contributed by atoms with van der Waals surface area (Å²) >= 11 is 1.15. The van der Waals surface area contributed by atoms with Crippen LogP contribution in [0.2, 0.25) is 0 Å². The average Bonchev–Trinajstić information content (AvgIpc) is 3.49. The summed E-state index contributed by atoms with van der Waals surface area (Å²) in [6, 6.07) is 12.6. The van der Waals surface area contributed by atoms with Gasteiger partial charge in [-0.05, 0) is 54.8 Å². The summed E-state index contributed by atoms with van der Waals surface area (Å²) in [6.45, 7) is 0.978. The number of hydrogen-bond acceptors (Lipinski definition) is 6. The van der Waals surface area contributed by atoms with E-state index in [1.165, 1.54) is 24.3 Å². The molecular weight excluding hydrogens is 433 g/mol. The summed E-state index contributed by atoms with van der Waals surface area (Å²) in [6.07, 6.45) is 1.59. The van der Waals surface area contributed by atoms with E-state index < -0.39 is 5.91 Å². The number of likely N-dealkylation sites (tertiary alicyclic amines) is 1. The molecule has 0 unspecified atom stereocenters. The first kappa shape index (κ1) is 21.7. The maximum absolute atomic E-state index is 13.0. The minimum absolute atomic E-state index is 0.188. The maximum Gasteiger partial charge on any atom is 0.318 e. The molecule has 1 saturated heterocycles. The SMILES string of the molecule is COc1cccc(CNC(=O)N2CCC[C@H]2c2nnc(C(=O)Nc3ccc(F)cc3)s2)c1. The van der Waals surface area contributed by atoms with Crippen LogP contribution in [0.3, 0.4) is 0 Å². The third-order valence-corrected chi connectivity index (χ3v) is 6.14. The number of nitrogens with one attached hydrogen (secondary N) is 2. The van der Waals surface area contributed by atoms with Gasteiger partial charge in [0.1, 0.15) is 16.6 Å². The molecule has 32 heavy (non-hydrogen) atoms. The summed E-state index contributed by atoms with van der Waals surface area (Å²) in [5, 5.41) is 14.6. The predicted octanol–water partition coefficient (Wildman–Crippen LogP) is 3.98. The number of halogens is 1. The third-order valence-electron chi connectivity index (χ3n) is 5.11. The molecule has 1 aromatic heterocycles. The third kappa shape index (κ3) is 5.02. The topological polar surface area (TPSA) is 96.4 Å². The number of carbonyl (C=O) groups is 2. The predicted molar refractivity (Wildman–Crippen MR) is 118 cm³/mol. The largest absolute Gasteiger partial charge is 0.497 e. The number of carbonyl (C=O) groups excluding carboxylic acids is 2. The van der Waals surface area contributed by atoms with E-state index in [1.807, 2.05) is 24.3 Å². The fourth-order valence-electron chi connectivity index (χ4n) is 3.51. The molecule has 166 valence electrons. The minimum Gasteiger partial charge on any atom is -0.497 e. The highest BCUT2D eigenvalue weighted by Gasteiger charge is 2.33. The molecule has 1 aliphatic heterocycles. The first-order valence-corrected chi connectivity index (χ1v) is 10.9. The van der Waals surface area contributed by atoms with Gasteiger partial charge in [0.15, 0.2) is 0 Å². The second-order valence-electron chi connectivity index (χ2n) is 7.27. The molecule has 4 rings (SSSR count). The van der Waals surface area contributed by atoms with Gasteiger partial charge in [0.05, 0.1) is 13.2 Å². The standard InChI is InChI=1S/C22H22FN5O3S/c1-31-17-5-2-4-14(12-17)13-24-22(30)28-11-3-6-18(28)20-26-27-21(32-20)19(29)25-16-9-7-15(23)8-10-16/h2,4-5,7-10,12,18H,3,6,11,13H2,1H3,(H,24,30)(H,25,29)/t18-/m0/s1. The number of rotatable bonds is 6. The number of anilines is 1. The molecule has 0 radical (unpaired) electrons. The summed E-state index contributed by atoms with van der Waals surface area (Å²) in [4.78, 5) is 27.0. The van der Waals surface area contributed by atoms with Crippen LogP contribution in [0.25, 0.3) is 0 Å². The van der Waals surface area contributed by atoms with Crippen LogP contribution >= 0.6 is 11.3 Å². The molecule has 0 spiro atoms. The molecule has 0 bridgehead atoms. The van der Waals surface area contributed by atoms with Crippen LogP contribution in [0.4, 0.5) is 14.9 Å². The molecule has 3 aromatic rings. The van der Waals surface area contributed by atoms with E-state index >= 15 is 0 Å². The van der Waals surface area contributed by atoms with Crippen molar-refractivity contribution in [2.24, 2.45) is 0 Å². The van der Waals surface area contributed by atoms with Gasteiger partial charge in [-0.2, -0.15) is 0 Å². The number of nitrogens with zero attached hydrogens (tertiary/aromatic N) is 3. The molecule has 0 saturated carbocycles. The average molecular weight is 456 g/mol. The van der Waals surface area contributed by atoms with Crippen molar-refractivity contribution >= 4 is 29.0 Å². The Balaban J connectivity index is 1.38. The van der Waals surface area contributed by atoms with E-state index in [-0.39, 0.29) is 22.9 Å². The molecule has 1 atom stereocenters. The van der Waals surface area contributed by atoms with Crippen LogP contribution in [-0.2, 0) is 6.54 Å². The van der Waals surface area contributed by atoms with Crippen molar-refractivity contribution < 1.29 is 18.7 Å². The van der Waals surface area contributed by atoms with Gasteiger partial charge in [-0.25, -0.2) is 9.18 Å². The second kappa shape index (κ2) is 9.73. The molecule has 3 amide bonds. The van der Waals surface area contributed by atoms with E-state index in [0.717, 1.165) is 35.5 Å². The van der Waals surface area contributed by atoms with Crippen LogP contribution in [0.5, 0.6) is 5.75 Å². The Kier molecular flexibility index (Phi) is 6.60. The molecule has 0 aliphatic carbocycles. The van der Waals surface area contributed by atoms with Gasteiger partial charge in [-0.3, -0.25) is 4.79 Å². The molecule has 1 aliphatic rings. The van der Waals surface area contributed by atoms with Crippen molar-refractivity contribution in [3.05, 3.63) is 69.9 Å². The summed E-state index contributed by atoms with van der Waals surface area (Å²) in [7, 11) is 1.60. The first-order chi connectivity index (χ1) is 15.5.